The van der Waals surface area contributed by atoms with E-state index in [0.717, 1.165) is 78.5 Å². The molecule has 2 spiro atoms. The van der Waals surface area contributed by atoms with Crippen LogP contribution < -0.4 is 0 Å². The second kappa shape index (κ2) is 13.3. The highest BCUT2D eigenvalue weighted by molar-refractivity contribution is 4.75. The molecule has 3 aliphatic rings. The van der Waals surface area contributed by atoms with Crippen molar-refractivity contribution in [2.45, 2.75) is 39.9 Å². The van der Waals surface area contributed by atoms with Crippen LogP contribution in [0.1, 0.15) is 27.7 Å². The molecule has 8 nitrogen and oxygen atoms in total. The molecule has 0 saturated carbocycles. The van der Waals surface area contributed by atoms with Crippen LogP contribution in [0.25, 0.3) is 0 Å². The molecule has 0 aromatic carbocycles. The number of hydrogen-bond acceptors (Lipinski definition) is 6. The summed E-state index contributed by atoms with van der Waals surface area (Å²) in [6.07, 6.45) is -0.466. The quantitative estimate of drug-likeness (QED) is 0.370. The molecule has 0 aliphatic carbocycles. The number of hydrogen-bond donors (Lipinski definition) is 2. The van der Waals surface area contributed by atoms with Gasteiger partial charge in [0.2, 0.25) is 0 Å². The first-order valence-electron chi connectivity index (χ1n) is 14.3. The normalized spacial score (nSPS) is 25.4. The standard InChI is InChI=1S/C26H56N6O2/c1-5-27(6-2)21-25(33)23-29-9-13-31(14-10-29)17-19-32(20-18-31)15-11-30(12-16-32)24-26(34)22-28(7-3)8-4/h25-26,33-34H,5-24H2,1-4H3/q+2/t25-,26-/m1/s1. The van der Waals surface area contributed by atoms with Crippen molar-refractivity contribution >= 4 is 0 Å². The summed E-state index contributed by atoms with van der Waals surface area (Å²) in [6, 6.07) is 0. The third-order valence-electron chi connectivity index (χ3n) is 9.32. The number of likely N-dealkylation sites (N-methyl/N-ethyl adjacent to an activating group) is 2. The molecule has 2 N–H and O–H groups in total. The molecular formula is C26H56N6O2+2. The zero-order chi connectivity index (χ0) is 24.6. The molecule has 2 atom stereocenters. The van der Waals surface area contributed by atoms with Gasteiger partial charge in [-0.3, -0.25) is 9.80 Å². The fraction of sp³-hybridized carbons (Fsp3) is 1.00. The second-order valence-electron chi connectivity index (χ2n) is 11.4. The minimum Gasteiger partial charge on any atom is -0.390 e. The first-order chi connectivity index (χ1) is 16.3. The van der Waals surface area contributed by atoms with Crippen molar-refractivity contribution in [1.29, 1.82) is 0 Å². The predicted octanol–water partition coefficient (Wildman–Crippen LogP) is -0.330. The maximum atomic E-state index is 10.5. The third-order valence-corrected chi connectivity index (χ3v) is 9.32. The van der Waals surface area contributed by atoms with Crippen LogP contribution >= 0.6 is 0 Å². The van der Waals surface area contributed by atoms with Gasteiger partial charge in [0.05, 0.1) is 38.4 Å². The second-order valence-corrected chi connectivity index (χ2v) is 11.4. The Morgan fingerprint density at radius 2 is 0.853 bits per heavy atom. The van der Waals surface area contributed by atoms with E-state index < -0.39 is 0 Å². The average Bonchev–Trinajstić information content (AvgIpc) is 2.86. The zero-order valence-electron chi connectivity index (χ0n) is 22.9. The van der Waals surface area contributed by atoms with E-state index in [9.17, 15) is 10.2 Å². The van der Waals surface area contributed by atoms with Crippen LogP contribution in [0.4, 0.5) is 0 Å². The Morgan fingerprint density at radius 3 is 1.12 bits per heavy atom. The van der Waals surface area contributed by atoms with Crippen LogP contribution in [-0.2, 0) is 0 Å². The molecule has 0 aromatic heterocycles. The molecule has 3 saturated heterocycles. The number of rotatable bonds is 12. The van der Waals surface area contributed by atoms with E-state index >= 15 is 0 Å². The maximum absolute atomic E-state index is 10.5. The molecule has 8 heteroatoms. The minimum atomic E-state index is -0.233. The van der Waals surface area contributed by atoms with Gasteiger partial charge < -0.3 is 29.0 Å². The predicted molar refractivity (Wildman–Crippen MR) is 140 cm³/mol. The van der Waals surface area contributed by atoms with Gasteiger partial charge in [0.15, 0.2) is 0 Å². The lowest BCUT2D eigenvalue weighted by molar-refractivity contribution is -1.03. The molecule has 0 bridgehead atoms. The Bertz CT molecular complexity index is 508. The number of β-amino-alcohol motifs (C(OH)–C–C–N with tert-alkyl or cyclic N) is 2. The van der Waals surface area contributed by atoms with Crippen molar-refractivity contribution in [2.24, 2.45) is 0 Å². The summed E-state index contributed by atoms with van der Waals surface area (Å²) in [5.41, 5.74) is 0. The molecule has 3 aliphatic heterocycles. The number of aliphatic hydroxyl groups excluding tert-OH is 2. The smallest absolute Gasteiger partial charge is 0.129 e. The number of piperazine rings is 3. The van der Waals surface area contributed by atoms with Crippen LogP contribution in [0.5, 0.6) is 0 Å². The van der Waals surface area contributed by atoms with Crippen molar-refractivity contribution < 1.29 is 19.2 Å². The van der Waals surface area contributed by atoms with Crippen molar-refractivity contribution in [3.05, 3.63) is 0 Å². The summed E-state index contributed by atoms with van der Waals surface area (Å²) in [5.74, 6) is 0. The van der Waals surface area contributed by atoms with E-state index in [1.165, 1.54) is 61.3 Å². The Balaban J connectivity index is 1.36. The van der Waals surface area contributed by atoms with Gasteiger partial charge in [0.25, 0.3) is 0 Å². The average molecular weight is 485 g/mol. The molecule has 0 unspecified atom stereocenters. The van der Waals surface area contributed by atoms with Gasteiger partial charge in [-0.15, -0.1) is 0 Å². The van der Waals surface area contributed by atoms with Gasteiger partial charge in [0.1, 0.15) is 26.2 Å². The van der Waals surface area contributed by atoms with Crippen LogP contribution in [0, 0.1) is 0 Å². The van der Waals surface area contributed by atoms with Crippen molar-refractivity contribution in [3.63, 3.8) is 0 Å². The van der Waals surface area contributed by atoms with Gasteiger partial charge >= 0.3 is 0 Å². The maximum Gasteiger partial charge on any atom is 0.129 e. The largest absolute Gasteiger partial charge is 0.390 e. The SMILES string of the molecule is CCN(CC)C[C@@H](O)CN1CC[N+]2(CC1)CC[N+]1(CCN(C[C@H](O)CN(CC)CC)CC1)CC2. The lowest BCUT2D eigenvalue weighted by atomic mass is 10.1. The highest BCUT2D eigenvalue weighted by atomic mass is 16.3. The fourth-order valence-corrected chi connectivity index (χ4v) is 6.46. The molecule has 3 heterocycles. The van der Waals surface area contributed by atoms with Crippen LogP contribution in [0.3, 0.4) is 0 Å². The van der Waals surface area contributed by atoms with Gasteiger partial charge in [-0.2, -0.15) is 0 Å². The molecular weight excluding hydrogens is 428 g/mol. The summed E-state index contributed by atoms with van der Waals surface area (Å²) >= 11 is 0. The summed E-state index contributed by atoms with van der Waals surface area (Å²) in [6.45, 7) is 30.8. The van der Waals surface area contributed by atoms with E-state index in [2.05, 4.69) is 47.3 Å². The van der Waals surface area contributed by atoms with Crippen molar-refractivity contribution in [2.75, 3.05) is 131 Å². The summed E-state index contributed by atoms with van der Waals surface area (Å²) in [4.78, 5) is 9.64. The van der Waals surface area contributed by atoms with Crippen LogP contribution in [0.15, 0.2) is 0 Å². The Morgan fingerprint density at radius 1 is 0.559 bits per heavy atom. The van der Waals surface area contributed by atoms with E-state index in [1.54, 1.807) is 0 Å². The van der Waals surface area contributed by atoms with Crippen LogP contribution in [-0.4, -0.2) is 182 Å². The molecule has 0 radical (unpaired) electrons. The number of aliphatic hydroxyl groups is 2. The van der Waals surface area contributed by atoms with Crippen molar-refractivity contribution in [3.8, 4) is 0 Å². The molecule has 200 valence electrons. The summed E-state index contributed by atoms with van der Waals surface area (Å²) in [7, 11) is 0. The Kier molecular flexibility index (Phi) is 11.0. The molecule has 3 rings (SSSR count). The highest BCUT2D eigenvalue weighted by Gasteiger charge is 2.45. The van der Waals surface area contributed by atoms with Crippen molar-refractivity contribution in [1.82, 2.24) is 19.6 Å². The minimum absolute atomic E-state index is 0.233. The highest BCUT2D eigenvalue weighted by Crippen LogP contribution is 2.24. The topological polar surface area (TPSA) is 53.4 Å². The van der Waals surface area contributed by atoms with E-state index in [0.29, 0.717) is 0 Å². The first kappa shape index (κ1) is 28.3. The van der Waals surface area contributed by atoms with E-state index in [-0.39, 0.29) is 12.2 Å². The zero-order valence-corrected chi connectivity index (χ0v) is 22.9. The third kappa shape index (κ3) is 7.84. The monoisotopic (exact) mass is 484 g/mol. The molecule has 3 fully saturated rings. The number of nitrogens with zero attached hydrogens (tertiary/aromatic N) is 6. The van der Waals surface area contributed by atoms with Crippen LogP contribution in [0.2, 0.25) is 0 Å². The molecule has 34 heavy (non-hydrogen) atoms. The van der Waals surface area contributed by atoms with Gasteiger partial charge in [-0.05, 0) is 26.2 Å². The van der Waals surface area contributed by atoms with Gasteiger partial charge in [-0.1, -0.05) is 27.7 Å². The van der Waals surface area contributed by atoms with E-state index in [4.69, 9.17) is 0 Å². The lowest BCUT2D eigenvalue weighted by Gasteiger charge is -2.54. The summed E-state index contributed by atoms with van der Waals surface area (Å²) < 4.78 is 2.60. The molecule has 0 amide bonds. The van der Waals surface area contributed by atoms with Gasteiger partial charge in [-0.25, -0.2) is 0 Å². The fourth-order valence-electron chi connectivity index (χ4n) is 6.46. The summed E-state index contributed by atoms with van der Waals surface area (Å²) in [5, 5.41) is 21.1. The van der Waals surface area contributed by atoms with Gasteiger partial charge in [0, 0.05) is 52.4 Å². The van der Waals surface area contributed by atoms with E-state index in [1.807, 2.05) is 0 Å². The first-order valence-corrected chi connectivity index (χ1v) is 14.3. The number of quaternary nitrogens is 2. The Hall–Kier alpha value is -0.320. The Labute approximate surface area is 209 Å². The lowest BCUT2D eigenvalue weighted by Crippen LogP contribution is -2.73. The molecule has 0 aromatic rings.